The van der Waals surface area contributed by atoms with E-state index >= 15 is 0 Å². The molecule has 5 heteroatoms. The van der Waals surface area contributed by atoms with Gasteiger partial charge in [-0.1, -0.05) is 18.2 Å². The van der Waals surface area contributed by atoms with Gasteiger partial charge in [-0.2, -0.15) is 0 Å². The van der Waals surface area contributed by atoms with E-state index in [1.807, 2.05) is 54.6 Å². The average Bonchev–Trinajstić information content (AvgIpc) is 2.75. The first-order valence-electron chi connectivity index (χ1n) is 9.02. The van der Waals surface area contributed by atoms with Crippen molar-refractivity contribution < 1.29 is 19.3 Å². The van der Waals surface area contributed by atoms with Crippen molar-refractivity contribution in [1.82, 2.24) is 5.32 Å². The minimum atomic E-state index is 0.257. The minimum Gasteiger partial charge on any atom is -0.508 e. The van der Waals surface area contributed by atoms with Crippen LogP contribution in [0, 0.1) is 0 Å². The summed E-state index contributed by atoms with van der Waals surface area (Å²) in [4.78, 5) is 0. The molecular weight excluding hydrogens is 354 g/mol. The average molecular weight is 379 g/mol. The van der Waals surface area contributed by atoms with Gasteiger partial charge in [-0.25, -0.2) is 0 Å². The van der Waals surface area contributed by atoms with Crippen LogP contribution in [0.3, 0.4) is 0 Å². The zero-order valence-electron chi connectivity index (χ0n) is 16.4. The third-order valence-electron chi connectivity index (χ3n) is 4.60. The zero-order valence-corrected chi connectivity index (χ0v) is 16.4. The van der Waals surface area contributed by atoms with Crippen LogP contribution in [0.25, 0.3) is 11.1 Å². The Kier molecular flexibility index (Phi) is 6.40. The molecule has 3 aromatic carbocycles. The second kappa shape index (κ2) is 9.15. The van der Waals surface area contributed by atoms with Crippen LogP contribution in [-0.2, 0) is 13.1 Å². The summed E-state index contributed by atoms with van der Waals surface area (Å²) in [5, 5.41) is 13.6. The highest BCUT2D eigenvalue weighted by Gasteiger charge is 2.10. The molecule has 146 valence electrons. The Hall–Kier alpha value is -3.18. The second-order valence-corrected chi connectivity index (χ2v) is 6.36. The maximum absolute atomic E-state index is 10.3. The molecule has 0 fully saturated rings. The highest BCUT2D eigenvalue weighted by atomic mass is 16.5. The smallest absolute Gasteiger partial charge is 0.126 e. The summed E-state index contributed by atoms with van der Waals surface area (Å²) in [5.74, 6) is 2.60. The molecule has 0 spiro atoms. The van der Waals surface area contributed by atoms with E-state index in [1.165, 1.54) is 0 Å². The molecule has 5 nitrogen and oxygen atoms in total. The predicted molar refractivity (Wildman–Crippen MR) is 110 cm³/mol. The summed E-state index contributed by atoms with van der Waals surface area (Å²) in [6.07, 6.45) is 0. The van der Waals surface area contributed by atoms with Gasteiger partial charge in [0.25, 0.3) is 0 Å². The summed E-state index contributed by atoms with van der Waals surface area (Å²) in [5.41, 5.74) is 3.83. The zero-order chi connectivity index (χ0) is 19.9. The van der Waals surface area contributed by atoms with Gasteiger partial charge in [-0.3, -0.25) is 0 Å². The molecule has 0 aliphatic carbocycles. The van der Waals surface area contributed by atoms with Crippen LogP contribution in [0.1, 0.15) is 11.1 Å². The number of methoxy groups -OCH3 is 3. The molecule has 3 aromatic rings. The van der Waals surface area contributed by atoms with Gasteiger partial charge >= 0.3 is 0 Å². The lowest BCUT2D eigenvalue weighted by atomic mass is 10.0. The maximum Gasteiger partial charge on any atom is 0.126 e. The molecule has 0 bridgehead atoms. The summed E-state index contributed by atoms with van der Waals surface area (Å²) in [7, 11) is 4.93. The van der Waals surface area contributed by atoms with Crippen molar-refractivity contribution in [3.63, 3.8) is 0 Å². The van der Waals surface area contributed by atoms with Gasteiger partial charge in [-0.05, 0) is 53.6 Å². The lowest BCUT2D eigenvalue weighted by Gasteiger charge is -2.13. The fourth-order valence-electron chi connectivity index (χ4n) is 3.02. The number of benzene rings is 3. The molecule has 0 atom stereocenters. The Bertz CT molecular complexity index is 922. The quantitative estimate of drug-likeness (QED) is 0.608. The van der Waals surface area contributed by atoms with E-state index in [0.717, 1.165) is 39.5 Å². The molecule has 0 unspecified atom stereocenters. The molecule has 0 aromatic heterocycles. The lowest BCUT2D eigenvalue weighted by molar-refractivity contribution is 0.404. The Labute approximate surface area is 165 Å². The number of phenols is 1. The van der Waals surface area contributed by atoms with Gasteiger partial charge in [-0.15, -0.1) is 0 Å². The summed E-state index contributed by atoms with van der Waals surface area (Å²) in [6.45, 7) is 1.23. The maximum atomic E-state index is 10.3. The minimum absolute atomic E-state index is 0.257. The van der Waals surface area contributed by atoms with Crippen molar-refractivity contribution in [2.24, 2.45) is 0 Å². The molecule has 0 saturated heterocycles. The third kappa shape index (κ3) is 4.56. The Balaban J connectivity index is 1.76. The number of nitrogens with one attached hydrogen (secondary N) is 1. The monoisotopic (exact) mass is 379 g/mol. The lowest BCUT2D eigenvalue weighted by Crippen LogP contribution is -2.12. The number of ether oxygens (including phenoxy) is 3. The van der Waals surface area contributed by atoms with Crippen LogP contribution >= 0.6 is 0 Å². The molecule has 0 radical (unpaired) electrons. The van der Waals surface area contributed by atoms with E-state index in [1.54, 1.807) is 27.4 Å². The third-order valence-corrected chi connectivity index (χ3v) is 4.60. The molecular formula is C23H25NO4. The van der Waals surface area contributed by atoms with E-state index in [9.17, 15) is 5.11 Å². The molecule has 28 heavy (non-hydrogen) atoms. The molecule has 0 amide bonds. The van der Waals surface area contributed by atoms with Gasteiger partial charge in [0.2, 0.25) is 0 Å². The Morgan fingerprint density at radius 1 is 0.750 bits per heavy atom. The SMILES string of the molecule is COc1ccc(CNCc2cc(-c3cc(OC)ccc3OC)ccc2O)cc1. The molecule has 3 rings (SSSR count). The van der Waals surface area contributed by atoms with Crippen molar-refractivity contribution >= 4 is 0 Å². The number of rotatable bonds is 8. The van der Waals surface area contributed by atoms with Crippen LogP contribution in [0.2, 0.25) is 0 Å². The standard InChI is InChI=1S/C23H25NO4/c1-26-19-7-4-16(5-8-19)14-24-15-18-12-17(6-10-22(18)25)21-13-20(27-2)9-11-23(21)28-3/h4-13,24-25H,14-15H2,1-3H3. The van der Waals surface area contributed by atoms with Gasteiger partial charge in [0, 0.05) is 24.2 Å². The van der Waals surface area contributed by atoms with Gasteiger partial charge in [0.15, 0.2) is 0 Å². The van der Waals surface area contributed by atoms with Crippen LogP contribution < -0.4 is 19.5 Å². The van der Waals surface area contributed by atoms with E-state index in [4.69, 9.17) is 14.2 Å². The fourth-order valence-corrected chi connectivity index (χ4v) is 3.02. The normalized spacial score (nSPS) is 10.5. The first-order valence-corrected chi connectivity index (χ1v) is 9.02. The van der Waals surface area contributed by atoms with Crippen LogP contribution in [-0.4, -0.2) is 26.4 Å². The topological polar surface area (TPSA) is 60.0 Å². The molecule has 0 aliphatic heterocycles. The van der Waals surface area contributed by atoms with E-state index in [2.05, 4.69) is 5.32 Å². The van der Waals surface area contributed by atoms with Crippen molar-refractivity contribution in [3.8, 4) is 34.1 Å². The van der Waals surface area contributed by atoms with Crippen LogP contribution in [0.5, 0.6) is 23.0 Å². The number of hydrogen-bond donors (Lipinski definition) is 2. The number of aromatic hydroxyl groups is 1. The summed E-state index contributed by atoms with van der Waals surface area (Å²) >= 11 is 0. The summed E-state index contributed by atoms with van der Waals surface area (Å²) < 4.78 is 16.0. The number of phenolic OH excluding ortho intramolecular Hbond substituents is 1. The second-order valence-electron chi connectivity index (χ2n) is 6.36. The summed E-state index contributed by atoms with van der Waals surface area (Å²) in [6, 6.07) is 19.1. The van der Waals surface area contributed by atoms with Crippen LogP contribution in [0.15, 0.2) is 60.7 Å². The van der Waals surface area contributed by atoms with Crippen molar-refractivity contribution in [2.75, 3.05) is 21.3 Å². The first kappa shape index (κ1) is 19.6. The highest BCUT2D eigenvalue weighted by molar-refractivity contribution is 5.73. The van der Waals surface area contributed by atoms with Crippen LogP contribution in [0.4, 0.5) is 0 Å². The highest BCUT2D eigenvalue weighted by Crippen LogP contribution is 2.35. The van der Waals surface area contributed by atoms with Crippen molar-refractivity contribution in [3.05, 3.63) is 71.8 Å². The van der Waals surface area contributed by atoms with Gasteiger partial charge in [0.1, 0.15) is 23.0 Å². The largest absolute Gasteiger partial charge is 0.508 e. The van der Waals surface area contributed by atoms with E-state index < -0.39 is 0 Å². The van der Waals surface area contributed by atoms with Gasteiger partial charge in [0.05, 0.1) is 21.3 Å². The van der Waals surface area contributed by atoms with E-state index in [0.29, 0.717) is 13.1 Å². The molecule has 0 aliphatic rings. The Morgan fingerprint density at radius 3 is 2.14 bits per heavy atom. The number of hydrogen-bond acceptors (Lipinski definition) is 5. The predicted octanol–water partition coefficient (Wildman–Crippen LogP) is 4.37. The van der Waals surface area contributed by atoms with Crippen molar-refractivity contribution in [1.29, 1.82) is 0 Å². The molecule has 0 saturated carbocycles. The fraction of sp³-hybridized carbons (Fsp3) is 0.217. The van der Waals surface area contributed by atoms with Gasteiger partial charge < -0.3 is 24.6 Å². The van der Waals surface area contributed by atoms with E-state index in [-0.39, 0.29) is 5.75 Å². The van der Waals surface area contributed by atoms with Crippen molar-refractivity contribution in [2.45, 2.75) is 13.1 Å². The molecule has 2 N–H and O–H groups in total. The Morgan fingerprint density at radius 2 is 1.46 bits per heavy atom. The first-order chi connectivity index (χ1) is 13.6. The molecule has 0 heterocycles.